The summed E-state index contributed by atoms with van der Waals surface area (Å²) in [6.45, 7) is 40.4. The first kappa shape index (κ1) is 41.0. The molecule has 0 bridgehead atoms. The fourth-order valence-corrected chi connectivity index (χ4v) is 12.3. The molecule has 0 radical (unpaired) electrons. The van der Waals surface area contributed by atoms with E-state index in [0.717, 1.165) is 38.6 Å². The first-order valence-electron chi connectivity index (χ1n) is 19.2. The first-order valence-corrected chi connectivity index (χ1v) is 19.2. The zero-order valence-electron chi connectivity index (χ0n) is 33.9. The van der Waals surface area contributed by atoms with Gasteiger partial charge in [-0.15, -0.1) is 0 Å². The van der Waals surface area contributed by atoms with Crippen LogP contribution in [0.1, 0.15) is 207 Å². The summed E-state index contributed by atoms with van der Waals surface area (Å²) in [5.41, 5.74) is 14.4. The number of nitrogens with zero attached hydrogens (tertiary/aromatic N) is 2. The minimum atomic E-state index is -0.340. The highest BCUT2D eigenvalue weighted by Gasteiger charge is 2.60. The van der Waals surface area contributed by atoms with Gasteiger partial charge in [0.25, 0.3) is 0 Å². The average Bonchev–Trinajstić information content (AvgIpc) is 2.80. The van der Waals surface area contributed by atoms with Gasteiger partial charge in [-0.1, -0.05) is 72.6 Å². The largest absolute Gasteiger partial charge is 0.330 e. The molecule has 2 fully saturated rings. The van der Waals surface area contributed by atoms with Crippen LogP contribution >= 0.6 is 0 Å². The second-order valence-corrected chi connectivity index (χ2v) is 21.3. The number of hydrogen-bond donors (Lipinski definition) is 2. The van der Waals surface area contributed by atoms with Crippen molar-refractivity contribution in [3.8, 4) is 0 Å². The van der Waals surface area contributed by atoms with Crippen molar-refractivity contribution in [3.05, 3.63) is 0 Å². The van der Waals surface area contributed by atoms with E-state index in [0.29, 0.717) is 0 Å². The highest BCUT2D eigenvalue weighted by molar-refractivity contribution is 5.16. The topological polar surface area (TPSA) is 58.5 Å². The van der Waals surface area contributed by atoms with E-state index in [1.807, 2.05) is 0 Å². The normalized spacial score (nSPS) is 21.1. The third-order valence-corrected chi connectivity index (χ3v) is 12.2. The van der Waals surface area contributed by atoms with E-state index >= 15 is 0 Å². The molecule has 0 atom stereocenters. The second kappa shape index (κ2) is 14.0. The minimum absolute atomic E-state index is 0.0681. The van der Waals surface area contributed by atoms with Crippen LogP contribution in [0.25, 0.3) is 0 Å². The molecule has 0 saturated heterocycles. The molecule has 4 heteroatoms. The zero-order chi connectivity index (χ0) is 35.0. The van der Waals surface area contributed by atoms with Gasteiger partial charge < -0.3 is 11.5 Å². The molecule has 4 N–H and O–H groups in total. The molecular formula is C41H84N4. The van der Waals surface area contributed by atoms with Gasteiger partial charge >= 0.3 is 0 Å². The van der Waals surface area contributed by atoms with E-state index < -0.39 is 0 Å². The van der Waals surface area contributed by atoms with Crippen molar-refractivity contribution in [1.29, 1.82) is 0 Å². The van der Waals surface area contributed by atoms with Gasteiger partial charge in [0.05, 0.1) is 0 Å². The summed E-state index contributed by atoms with van der Waals surface area (Å²) in [5, 5.41) is 0. The maximum absolute atomic E-state index is 8.21. The smallest absolute Gasteiger partial charge is 0.0259 e. The summed E-state index contributed by atoms with van der Waals surface area (Å²) >= 11 is 0. The Kier molecular flexibility index (Phi) is 12.7. The Morgan fingerprint density at radius 2 is 0.756 bits per heavy atom. The highest BCUT2D eigenvalue weighted by Crippen LogP contribution is 2.58. The van der Waals surface area contributed by atoms with E-state index in [1.54, 1.807) is 0 Å². The van der Waals surface area contributed by atoms with Gasteiger partial charge in [0.1, 0.15) is 0 Å². The molecule has 0 aliphatic heterocycles. The zero-order valence-corrected chi connectivity index (χ0v) is 33.9. The van der Waals surface area contributed by atoms with Crippen molar-refractivity contribution in [2.75, 3.05) is 6.54 Å². The molecular weight excluding hydrogens is 548 g/mol. The summed E-state index contributed by atoms with van der Waals surface area (Å²) in [4.78, 5) is 5.87. The highest BCUT2D eigenvalue weighted by atomic mass is 15.3. The van der Waals surface area contributed by atoms with E-state index in [2.05, 4.69) is 121 Å². The Balaban J connectivity index is 2.76. The number of unbranched alkanes of at least 4 members (excludes halogenated alkanes) is 1. The lowest BCUT2D eigenvalue weighted by atomic mass is 9.50. The summed E-state index contributed by atoms with van der Waals surface area (Å²) in [6.07, 6.45) is 18.6. The van der Waals surface area contributed by atoms with E-state index in [9.17, 15) is 0 Å². The Morgan fingerprint density at radius 3 is 1.00 bits per heavy atom. The first-order chi connectivity index (χ1) is 20.1. The van der Waals surface area contributed by atoms with Crippen molar-refractivity contribution >= 4 is 0 Å². The van der Waals surface area contributed by atoms with Gasteiger partial charge in [-0.25, -0.2) is 0 Å². The van der Waals surface area contributed by atoms with Crippen molar-refractivity contribution < 1.29 is 0 Å². The Morgan fingerprint density at radius 1 is 0.467 bits per heavy atom. The fourth-order valence-electron chi connectivity index (χ4n) is 12.3. The van der Waals surface area contributed by atoms with Gasteiger partial charge in [0.15, 0.2) is 0 Å². The van der Waals surface area contributed by atoms with Gasteiger partial charge in [0, 0.05) is 38.8 Å². The van der Waals surface area contributed by atoms with Crippen LogP contribution in [-0.4, -0.2) is 55.1 Å². The molecule has 0 heterocycles. The third-order valence-electron chi connectivity index (χ3n) is 12.2. The number of hydrogen-bond acceptors (Lipinski definition) is 4. The van der Waals surface area contributed by atoms with Gasteiger partial charge in [0.2, 0.25) is 0 Å². The van der Waals surface area contributed by atoms with Gasteiger partial charge in [-0.3, -0.25) is 9.80 Å². The molecule has 2 aliphatic rings. The van der Waals surface area contributed by atoms with Crippen LogP contribution in [-0.2, 0) is 0 Å². The van der Waals surface area contributed by atoms with Crippen molar-refractivity contribution in [2.24, 2.45) is 22.3 Å². The molecule has 2 aliphatic carbocycles. The van der Waals surface area contributed by atoms with Crippen LogP contribution in [0.4, 0.5) is 0 Å². The minimum Gasteiger partial charge on any atom is -0.330 e. The Labute approximate surface area is 284 Å². The van der Waals surface area contributed by atoms with E-state index in [-0.39, 0.29) is 49.6 Å². The third kappa shape index (κ3) is 9.10. The van der Waals surface area contributed by atoms with Crippen LogP contribution in [0.15, 0.2) is 0 Å². The van der Waals surface area contributed by atoms with Crippen molar-refractivity contribution in [2.45, 2.75) is 246 Å². The molecule has 45 heavy (non-hydrogen) atoms. The molecule has 2 rings (SSSR count). The molecule has 0 unspecified atom stereocenters. The molecule has 4 nitrogen and oxygen atoms in total. The lowest BCUT2D eigenvalue weighted by Crippen LogP contribution is -2.71. The van der Waals surface area contributed by atoms with Crippen molar-refractivity contribution in [3.63, 3.8) is 0 Å². The molecule has 0 amide bonds. The second-order valence-electron chi connectivity index (χ2n) is 21.3. The molecule has 0 aromatic rings. The van der Waals surface area contributed by atoms with Crippen molar-refractivity contribution in [1.82, 2.24) is 9.80 Å². The predicted octanol–water partition coefficient (Wildman–Crippen LogP) is 10.8. The van der Waals surface area contributed by atoms with Crippen LogP contribution < -0.4 is 11.5 Å². The standard InChI is InChI=1S/C41H84N4/c1-33(2,3)44(34(4,5)6)39(25-19-17-20-26-39)31-37(13,14)41(43,29-23-24-30-42)38(15,16)32-40(27-21-18-22-28-40)45(35(7,8)9)36(10,11)12/h17-32,42-43H2,1-16H3. The SMILES string of the molecule is CC(C)(C)N(C(C)(C)C)C1(CC(C)(C)C(N)(CCCCN)C(C)(C)CC2(N(C(C)(C)C)C(C)(C)C)CCCCC2)CCCCC1. The van der Waals surface area contributed by atoms with E-state index in [1.165, 1.54) is 64.2 Å². The average molecular weight is 633 g/mol. The van der Waals surface area contributed by atoms with E-state index in [4.69, 9.17) is 11.5 Å². The number of nitrogens with two attached hydrogens (primary N) is 2. The van der Waals surface area contributed by atoms with Crippen LogP contribution in [0.2, 0.25) is 0 Å². The molecule has 268 valence electrons. The van der Waals surface area contributed by atoms with Crippen LogP contribution in [0.5, 0.6) is 0 Å². The predicted molar refractivity (Wildman–Crippen MR) is 201 cm³/mol. The molecule has 0 spiro atoms. The monoisotopic (exact) mass is 633 g/mol. The summed E-state index contributed by atoms with van der Waals surface area (Å²) in [6, 6.07) is 0. The lowest BCUT2D eigenvalue weighted by molar-refractivity contribution is -0.136. The lowest BCUT2D eigenvalue weighted by Gasteiger charge is -2.65. The Bertz CT molecular complexity index is 809. The Hall–Kier alpha value is -0.160. The summed E-state index contributed by atoms with van der Waals surface area (Å²) in [7, 11) is 0. The quantitative estimate of drug-likeness (QED) is 0.210. The summed E-state index contributed by atoms with van der Waals surface area (Å²) in [5.74, 6) is 0. The molecule has 2 saturated carbocycles. The van der Waals surface area contributed by atoms with Gasteiger partial charge in [-0.05, 0) is 152 Å². The van der Waals surface area contributed by atoms with Crippen LogP contribution in [0, 0.1) is 10.8 Å². The molecule has 0 aromatic heterocycles. The fraction of sp³-hybridized carbons (Fsp3) is 1.00. The number of rotatable bonds is 12. The summed E-state index contributed by atoms with van der Waals surface area (Å²) < 4.78 is 0. The van der Waals surface area contributed by atoms with Gasteiger partial charge in [-0.2, -0.15) is 0 Å². The molecule has 0 aromatic carbocycles. The maximum Gasteiger partial charge on any atom is 0.0259 e. The maximum atomic E-state index is 8.21. The van der Waals surface area contributed by atoms with Crippen LogP contribution in [0.3, 0.4) is 0 Å².